The molecule has 0 saturated heterocycles. The maximum atomic E-state index is 5.14. The van der Waals surface area contributed by atoms with Crippen LogP contribution in [-0.2, 0) is 0 Å². The summed E-state index contributed by atoms with van der Waals surface area (Å²) >= 11 is 6.75. The monoisotopic (exact) mass is 148 g/mol. The first kappa shape index (κ1) is 5.88. The second kappa shape index (κ2) is 2.91. The lowest BCUT2D eigenvalue weighted by Crippen LogP contribution is -2.06. The van der Waals surface area contributed by atoms with Gasteiger partial charge in [0.2, 0.25) is 0 Å². The summed E-state index contributed by atoms with van der Waals surface area (Å²) in [6, 6.07) is 1.93. The molecule has 8 heavy (non-hydrogen) atoms. The summed E-state index contributed by atoms with van der Waals surface area (Å²) in [5.41, 5.74) is 3.70. The van der Waals surface area contributed by atoms with Gasteiger partial charge in [0, 0.05) is 5.38 Å². The van der Waals surface area contributed by atoms with E-state index in [9.17, 15) is 0 Å². The van der Waals surface area contributed by atoms with Gasteiger partial charge in [0.1, 0.15) is 0 Å². The standard InChI is InChI=1S/C4H5ClN2S/c5-7-6-4-1-2-8-3-4/h1-3,6-7H. The van der Waals surface area contributed by atoms with Gasteiger partial charge in [-0.05, 0) is 23.2 Å². The van der Waals surface area contributed by atoms with Crippen molar-refractivity contribution < 1.29 is 0 Å². The Morgan fingerprint density at radius 1 is 1.62 bits per heavy atom. The summed E-state index contributed by atoms with van der Waals surface area (Å²) < 4.78 is 0. The van der Waals surface area contributed by atoms with E-state index in [4.69, 9.17) is 11.8 Å². The number of anilines is 1. The number of hydrazine groups is 1. The molecule has 0 radical (unpaired) electrons. The van der Waals surface area contributed by atoms with Gasteiger partial charge in [-0.3, -0.25) is 0 Å². The van der Waals surface area contributed by atoms with Crippen LogP contribution in [0.15, 0.2) is 16.8 Å². The van der Waals surface area contributed by atoms with Gasteiger partial charge in [0.15, 0.2) is 0 Å². The van der Waals surface area contributed by atoms with E-state index in [1.807, 2.05) is 16.8 Å². The van der Waals surface area contributed by atoms with Crippen LogP contribution in [0.25, 0.3) is 0 Å². The number of thiophene rings is 1. The molecule has 0 amide bonds. The normalized spacial score (nSPS) is 9.12. The second-order valence-corrected chi connectivity index (χ2v) is 2.20. The summed E-state index contributed by atoms with van der Waals surface area (Å²) in [6.07, 6.45) is 0. The highest BCUT2D eigenvalue weighted by molar-refractivity contribution is 7.08. The molecule has 2 N–H and O–H groups in total. The molecule has 0 unspecified atom stereocenters. The van der Waals surface area contributed by atoms with E-state index in [1.165, 1.54) is 0 Å². The Balaban J connectivity index is 2.50. The number of hydrogen-bond donors (Lipinski definition) is 2. The lowest BCUT2D eigenvalue weighted by Gasteiger charge is -1.93. The molecule has 4 heteroatoms. The van der Waals surface area contributed by atoms with Gasteiger partial charge in [-0.15, -0.1) is 4.94 Å². The van der Waals surface area contributed by atoms with E-state index in [0.717, 1.165) is 5.69 Å². The van der Waals surface area contributed by atoms with E-state index in [1.54, 1.807) is 11.3 Å². The highest BCUT2D eigenvalue weighted by atomic mass is 35.5. The van der Waals surface area contributed by atoms with Crippen LogP contribution in [-0.4, -0.2) is 0 Å². The molecule has 1 aromatic rings. The van der Waals surface area contributed by atoms with Crippen LogP contribution in [0, 0.1) is 0 Å². The minimum Gasteiger partial charge on any atom is -0.307 e. The van der Waals surface area contributed by atoms with Gasteiger partial charge in [0.25, 0.3) is 0 Å². The molecular formula is C4H5ClN2S. The first-order chi connectivity index (χ1) is 3.93. The second-order valence-electron chi connectivity index (χ2n) is 1.23. The molecule has 44 valence electrons. The minimum atomic E-state index is 0.991. The maximum Gasteiger partial charge on any atom is 0.0607 e. The fourth-order valence-corrected chi connectivity index (χ4v) is 1.09. The largest absolute Gasteiger partial charge is 0.307 e. The van der Waals surface area contributed by atoms with E-state index < -0.39 is 0 Å². The predicted octanol–water partition coefficient (Wildman–Crippen LogP) is 1.82. The van der Waals surface area contributed by atoms with Crippen LogP contribution < -0.4 is 10.4 Å². The van der Waals surface area contributed by atoms with E-state index in [2.05, 4.69) is 10.4 Å². The van der Waals surface area contributed by atoms with Crippen LogP contribution in [0.3, 0.4) is 0 Å². The summed E-state index contributed by atoms with van der Waals surface area (Å²) in [7, 11) is 0. The zero-order chi connectivity index (χ0) is 5.82. The van der Waals surface area contributed by atoms with Crippen molar-refractivity contribution in [2.75, 3.05) is 5.43 Å². The molecule has 1 heterocycles. The summed E-state index contributed by atoms with van der Waals surface area (Å²) in [5.74, 6) is 0. The number of halogens is 1. The number of rotatable bonds is 2. The fourth-order valence-electron chi connectivity index (χ4n) is 0.390. The molecule has 0 aliphatic carbocycles. The average molecular weight is 149 g/mol. The first-order valence-corrected chi connectivity index (χ1v) is 3.39. The molecule has 0 bridgehead atoms. The molecule has 0 aromatic carbocycles. The minimum absolute atomic E-state index is 0.991. The van der Waals surface area contributed by atoms with Gasteiger partial charge in [-0.25, -0.2) is 0 Å². The van der Waals surface area contributed by atoms with Crippen molar-refractivity contribution in [2.24, 2.45) is 0 Å². The molecule has 1 rings (SSSR count). The molecule has 0 fully saturated rings. The third-order valence-corrected chi connectivity index (χ3v) is 1.49. The molecule has 0 atom stereocenters. The van der Waals surface area contributed by atoms with E-state index in [-0.39, 0.29) is 0 Å². The molecule has 0 aliphatic heterocycles. The van der Waals surface area contributed by atoms with Gasteiger partial charge in [-0.1, -0.05) is 0 Å². The highest BCUT2D eigenvalue weighted by Gasteiger charge is 1.84. The molecular weight excluding hydrogens is 144 g/mol. The van der Waals surface area contributed by atoms with Gasteiger partial charge in [0.05, 0.1) is 5.69 Å². The fraction of sp³-hybridized carbons (Fsp3) is 0. The zero-order valence-electron chi connectivity index (χ0n) is 4.02. The smallest absolute Gasteiger partial charge is 0.0607 e. The van der Waals surface area contributed by atoms with Gasteiger partial charge in [-0.2, -0.15) is 11.3 Å². The molecule has 2 nitrogen and oxygen atoms in total. The van der Waals surface area contributed by atoms with Crippen molar-refractivity contribution >= 4 is 28.8 Å². The van der Waals surface area contributed by atoms with Gasteiger partial charge < -0.3 is 5.43 Å². The molecule has 0 aliphatic rings. The quantitative estimate of drug-likeness (QED) is 0.494. The topological polar surface area (TPSA) is 24.1 Å². The first-order valence-electron chi connectivity index (χ1n) is 2.07. The molecule has 1 aromatic heterocycles. The Bertz CT molecular complexity index is 140. The Morgan fingerprint density at radius 2 is 2.50 bits per heavy atom. The third-order valence-electron chi connectivity index (χ3n) is 0.713. The Labute approximate surface area is 56.6 Å². The van der Waals surface area contributed by atoms with Crippen molar-refractivity contribution in [3.63, 3.8) is 0 Å². The summed E-state index contributed by atoms with van der Waals surface area (Å²) in [5, 5.41) is 3.92. The third kappa shape index (κ3) is 1.36. The zero-order valence-corrected chi connectivity index (χ0v) is 5.59. The number of hydrogen-bond acceptors (Lipinski definition) is 3. The molecule has 0 spiro atoms. The van der Waals surface area contributed by atoms with E-state index in [0.29, 0.717) is 0 Å². The maximum absolute atomic E-state index is 5.14. The van der Waals surface area contributed by atoms with Crippen molar-refractivity contribution in [2.45, 2.75) is 0 Å². The average Bonchev–Trinajstić information content (AvgIpc) is 2.19. The summed E-state index contributed by atoms with van der Waals surface area (Å²) in [4.78, 5) is 2.30. The van der Waals surface area contributed by atoms with Crippen LogP contribution in [0.1, 0.15) is 0 Å². The number of nitrogens with one attached hydrogen (secondary N) is 2. The lowest BCUT2D eigenvalue weighted by atomic mass is 10.6. The van der Waals surface area contributed by atoms with Crippen LogP contribution in [0.2, 0.25) is 0 Å². The molecule has 0 saturated carbocycles. The highest BCUT2D eigenvalue weighted by Crippen LogP contribution is 2.09. The van der Waals surface area contributed by atoms with Gasteiger partial charge >= 0.3 is 0 Å². The predicted molar refractivity (Wildman–Crippen MR) is 36.9 cm³/mol. The lowest BCUT2D eigenvalue weighted by molar-refractivity contribution is 1.21. The van der Waals surface area contributed by atoms with Crippen molar-refractivity contribution in [1.29, 1.82) is 0 Å². The Morgan fingerprint density at radius 3 is 3.00 bits per heavy atom. The SMILES string of the molecule is ClNNc1ccsc1. The van der Waals surface area contributed by atoms with Crippen molar-refractivity contribution in [1.82, 2.24) is 4.94 Å². The van der Waals surface area contributed by atoms with Crippen LogP contribution in [0.5, 0.6) is 0 Å². The van der Waals surface area contributed by atoms with Crippen LogP contribution in [0.4, 0.5) is 5.69 Å². The van der Waals surface area contributed by atoms with Crippen molar-refractivity contribution in [3.8, 4) is 0 Å². The van der Waals surface area contributed by atoms with Crippen LogP contribution >= 0.6 is 23.1 Å². The Hall–Kier alpha value is -0.250. The van der Waals surface area contributed by atoms with E-state index >= 15 is 0 Å². The summed E-state index contributed by atoms with van der Waals surface area (Å²) in [6.45, 7) is 0. The van der Waals surface area contributed by atoms with Crippen molar-refractivity contribution in [3.05, 3.63) is 16.8 Å². The Kier molecular flexibility index (Phi) is 2.14.